The summed E-state index contributed by atoms with van der Waals surface area (Å²) in [6, 6.07) is 19.6. The van der Waals surface area contributed by atoms with Gasteiger partial charge in [-0.25, -0.2) is 0 Å². The van der Waals surface area contributed by atoms with Gasteiger partial charge in [-0.15, -0.1) is 0 Å². The number of hydrogen-bond donors (Lipinski definition) is 2. The van der Waals surface area contributed by atoms with Crippen LogP contribution < -0.4 is 10.6 Å². The molecule has 0 aliphatic carbocycles. The number of ether oxygens (including phenoxy) is 1. The molecule has 8 heteroatoms. The molecule has 0 spiro atoms. The van der Waals surface area contributed by atoms with Gasteiger partial charge in [0.25, 0.3) is 0 Å². The molecule has 4 rings (SSSR count). The van der Waals surface area contributed by atoms with Gasteiger partial charge in [-0.1, -0.05) is 23.7 Å². The Bertz CT molecular complexity index is 1090. The fourth-order valence-electron chi connectivity index (χ4n) is 3.49. The molecule has 33 heavy (non-hydrogen) atoms. The van der Waals surface area contributed by atoms with Crippen LogP contribution in [0.4, 0.5) is 5.69 Å². The molecular weight excluding hydrogens is 436 g/mol. The standard InChI is InChI=1S/C25H27ClN6O/c26-20-7-8-23-24(9-12-30-25(23)15-20)31-19-33-18-27-13-14-32(16-21-5-1-3-10-28-21)17-22-6-2-4-11-29-22/h1-12,15,27H,13-14,16-19H2,(H,30,31). The lowest BCUT2D eigenvalue weighted by Crippen LogP contribution is -2.33. The molecule has 0 bridgehead atoms. The molecule has 0 fully saturated rings. The Balaban J connectivity index is 1.21. The van der Waals surface area contributed by atoms with E-state index >= 15 is 0 Å². The van der Waals surface area contributed by atoms with Crippen molar-refractivity contribution in [3.05, 3.63) is 95.7 Å². The lowest BCUT2D eigenvalue weighted by atomic mass is 10.2. The number of hydrogen-bond acceptors (Lipinski definition) is 7. The van der Waals surface area contributed by atoms with Crippen LogP contribution in [-0.2, 0) is 17.8 Å². The summed E-state index contributed by atoms with van der Waals surface area (Å²) >= 11 is 6.06. The Morgan fingerprint density at radius 3 is 2.27 bits per heavy atom. The van der Waals surface area contributed by atoms with Crippen molar-refractivity contribution in [2.75, 3.05) is 31.9 Å². The first-order valence-electron chi connectivity index (χ1n) is 10.9. The summed E-state index contributed by atoms with van der Waals surface area (Å²) in [6.45, 7) is 4.00. The number of fused-ring (bicyclic) bond motifs is 1. The predicted molar refractivity (Wildman–Crippen MR) is 132 cm³/mol. The SMILES string of the molecule is Clc1ccc2c(NCOCNCCN(Cc3ccccn3)Cc3ccccn3)ccnc2c1. The molecule has 0 saturated heterocycles. The van der Waals surface area contributed by atoms with Crippen LogP contribution in [0.3, 0.4) is 0 Å². The highest BCUT2D eigenvalue weighted by molar-refractivity contribution is 6.31. The number of rotatable bonds is 12. The first-order chi connectivity index (χ1) is 16.3. The summed E-state index contributed by atoms with van der Waals surface area (Å²) < 4.78 is 5.72. The van der Waals surface area contributed by atoms with Gasteiger partial charge in [0.05, 0.1) is 23.6 Å². The average Bonchev–Trinajstić information content (AvgIpc) is 2.84. The average molecular weight is 463 g/mol. The maximum Gasteiger partial charge on any atom is 0.118 e. The smallest absolute Gasteiger partial charge is 0.118 e. The first kappa shape index (κ1) is 23.1. The van der Waals surface area contributed by atoms with E-state index in [1.54, 1.807) is 6.20 Å². The minimum atomic E-state index is 0.389. The monoisotopic (exact) mass is 462 g/mol. The number of anilines is 1. The van der Waals surface area contributed by atoms with Crippen LogP contribution >= 0.6 is 11.6 Å². The van der Waals surface area contributed by atoms with Crippen LogP contribution in [-0.4, -0.2) is 46.4 Å². The van der Waals surface area contributed by atoms with Crippen molar-refractivity contribution in [1.82, 2.24) is 25.2 Å². The normalized spacial score (nSPS) is 11.2. The van der Waals surface area contributed by atoms with Crippen LogP contribution in [0.2, 0.25) is 5.02 Å². The van der Waals surface area contributed by atoms with E-state index < -0.39 is 0 Å². The van der Waals surface area contributed by atoms with Gasteiger partial charge in [0.2, 0.25) is 0 Å². The highest BCUT2D eigenvalue weighted by Crippen LogP contribution is 2.24. The third kappa shape index (κ3) is 7.20. The summed E-state index contributed by atoms with van der Waals surface area (Å²) in [5, 5.41) is 8.33. The zero-order chi connectivity index (χ0) is 22.7. The molecular formula is C25H27ClN6O. The summed E-state index contributed by atoms with van der Waals surface area (Å²) in [4.78, 5) is 15.6. The third-order valence-electron chi connectivity index (χ3n) is 5.10. The molecule has 0 radical (unpaired) electrons. The lowest BCUT2D eigenvalue weighted by molar-refractivity contribution is 0.128. The Labute approximate surface area is 198 Å². The van der Waals surface area contributed by atoms with Crippen molar-refractivity contribution in [3.8, 4) is 0 Å². The minimum Gasteiger partial charge on any atom is -0.362 e. The summed E-state index contributed by atoms with van der Waals surface area (Å²) in [6.07, 6.45) is 5.42. The Kier molecular flexibility index (Phi) is 8.55. The molecule has 3 heterocycles. The van der Waals surface area contributed by atoms with E-state index in [0.29, 0.717) is 18.5 Å². The number of halogens is 1. The Morgan fingerprint density at radius 1 is 0.818 bits per heavy atom. The van der Waals surface area contributed by atoms with Crippen LogP contribution in [0.5, 0.6) is 0 Å². The quantitative estimate of drug-likeness (QED) is 0.240. The molecule has 0 amide bonds. The molecule has 0 aliphatic rings. The molecule has 0 saturated carbocycles. The number of benzene rings is 1. The maximum atomic E-state index is 6.06. The predicted octanol–water partition coefficient (Wildman–Crippen LogP) is 4.31. The van der Waals surface area contributed by atoms with Gasteiger partial charge in [0.1, 0.15) is 6.73 Å². The Hall–Kier alpha value is -3.10. The van der Waals surface area contributed by atoms with Gasteiger partial charge in [-0.3, -0.25) is 25.2 Å². The molecule has 3 aromatic heterocycles. The number of nitrogens with zero attached hydrogens (tertiary/aromatic N) is 4. The number of pyridine rings is 3. The van der Waals surface area contributed by atoms with Crippen LogP contribution in [0.15, 0.2) is 79.3 Å². The first-order valence-corrected chi connectivity index (χ1v) is 11.2. The van der Waals surface area contributed by atoms with Crippen molar-refractivity contribution in [2.24, 2.45) is 0 Å². The van der Waals surface area contributed by atoms with E-state index in [9.17, 15) is 0 Å². The van der Waals surface area contributed by atoms with E-state index in [-0.39, 0.29) is 0 Å². The van der Waals surface area contributed by atoms with Crippen molar-refractivity contribution in [1.29, 1.82) is 0 Å². The molecule has 0 atom stereocenters. The van der Waals surface area contributed by atoms with Crippen molar-refractivity contribution in [2.45, 2.75) is 13.1 Å². The van der Waals surface area contributed by atoms with E-state index in [1.165, 1.54) is 0 Å². The largest absolute Gasteiger partial charge is 0.362 e. The van der Waals surface area contributed by atoms with E-state index in [4.69, 9.17) is 16.3 Å². The second kappa shape index (κ2) is 12.2. The van der Waals surface area contributed by atoms with Gasteiger partial charge in [-0.05, 0) is 48.5 Å². The maximum absolute atomic E-state index is 6.06. The van der Waals surface area contributed by atoms with E-state index in [0.717, 1.165) is 54.2 Å². The second-order valence-corrected chi connectivity index (χ2v) is 7.98. The van der Waals surface area contributed by atoms with Gasteiger partial charge < -0.3 is 10.1 Å². The zero-order valence-electron chi connectivity index (χ0n) is 18.3. The minimum absolute atomic E-state index is 0.389. The van der Waals surface area contributed by atoms with Crippen molar-refractivity contribution < 1.29 is 4.74 Å². The fourth-order valence-corrected chi connectivity index (χ4v) is 3.66. The molecule has 0 unspecified atom stereocenters. The molecule has 170 valence electrons. The second-order valence-electron chi connectivity index (χ2n) is 7.54. The number of aromatic nitrogens is 3. The van der Waals surface area contributed by atoms with E-state index in [2.05, 4.69) is 30.5 Å². The van der Waals surface area contributed by atoms with E-state index in [1.807, 2.05) is 73.1 Å². The topological polar surface area (TPSA) is 75.2 Å². The van der Waals surface area contributed by atoms with Gasteiger partial charge in [0.15, 0.2) is 0 Å². The molecule has 0 aliphatic heterocycles. The van der Waals surface area contributed by atoms with Gasteiger partial charge in [-0.2, -0.15) is 0 Å². The highest BCUT2D eigenvalue weighted by atomic mass is 35.5. The van der Waals surface area contributed by atoms with Gasteiger partial charge >= 0.3 is 0 Å². The summed E-state index contributed by atoms with van der Waals surface area (Å²) in [7, 11) is 0. The molecule has 2 N–H and O–H groups in total. The zero-order valence-corrected chi connectivity index (χ0v) is 19.1. The molecule has 1 aromatic carbocycles. The number of nitrogens with one attached hydrogen (secondary N) is 2. The van der Waals surface area contributed by atoms with Crippen LogP contribution in [0, 0.1) is 0 Å². The lowest BCUT2D eigenvalue weighted by Gasteiger charge is -2.22. The Morgan fingerprint density at radius 2 is 1.58 bits per heavy atom. The van der Waals surface area contributed by atoms with Crippen molar-refractivity contribution in [3.63, 3.8) is 0 Å². The molecule has 7 nitrogen and oxygen atoms in total. The van der Waals surface area contributed by atoms with Crippen molar-refractivity contribution >= 4 is 28.2 Å². The summed E-state index contributed by atoms with van der Waals surface area (Å²) in [5.74, 6) is 0. The molecule has 4 aromatic rings. The fraction of sp³-hybridized carbons (Fsp3) is 0.240. The van der Waals surface area contributed by atoms with Crippen LogP contribution in [0.25, 0.3) is 10.9 Å². The summed E-state index contributed by atoms with van der Waals surface area (Å²) in [5.41, 5.74) is 3.90. The van der Waals surface area contributed by atoms with Crippen LogP contribution in [0.1, 0.15) is 11.4 Å². The highest BCUT2D eigenvalue weighted by Gasteiger charge is 2.08. The van der Waals surface area contributed by atoms with Gasteiger partial charge in [0, 0.05) is 60.9 Å². The third-order valence-corrected chi connectivity index (χ3v) is 5.34.